The van der Waals surface area contributed by atoms with Crippen LogP contribution in [0.15, 0.2) is 27.3 Å². The van der Waals surface area contributed by atoms with Crippen molar-refractivity contribution in [3.05, 3.63) is 28.4 Å². The molecule has 1 aromatic carbocycles. The average molecular weight is 256 g/mol. The van der Waals surface area contributed by atoms with Gasteiger partial charge in [-0.05, 0) is 35.1 Å². The van der Waals surface area contributed by atoms with Crippen LogP contribution in [0.2, 0.25) is 0 Å². The van der Waals surface area contributed by atoms with Gasteiger partial charge >= 0.3 is 0 Å². The summed E-state index contributed by atoms with van der Waals surface area (Å²) < 4.78 is 5.96. The molecule has 0 spiro atoms. The van der Waals surface area contributed by atoms with E-state index < -0.39 is 0 Å². The van der Waals surface area contributed by atoms with E-state index in [0.29, 0.717) is 11.0 Å². The number of nitrogens with one attached hydrogen (secondary N) is 1. The molecule has 0 unspecified atom stereocenters. The zero-order chi connectivity index (χ0) is 10.1. The standard InChI is InChI=1S/C10H10BrNO2/c1-12-5-6-4-8-7(2-3-14-8)9(11)10(6)13/h2-4,12-13H,5H2,1H3. The smallest absolute Gasteiger partial charge is 0.135 e. The SMILES string of the molecule is CNCc1cc2occc2c(Br)c1O. The Morgan fingerprint density at radius 1 is 1.57 bits per heavy atom. The van der Waals surface area contributed by atoms with Gasteiger partial charge < -0.3 is 14.8 Å². The molecule has 0 bridgehead atoms. The normalized spacial score (nSPS) is 11.0. The third-order valence-electron chi connectivity index (χ3n) is 2.12. The number of fused-ring (bicyclic) bond motifs is 1. The van der Waals surface area contributed by atoms with Gasteiger partial charge in [0.05, 0.1) is 10.7 Å². The van der Waals surface area contributed by atoms with Crippen LogP contribution in [-0.4, -0.2) is 12.2 Å². The summed E-state index contributed by atoms with van der Waals surface area (Å²) in [5.74, 6) is 0.272. The maximum atomic E-state index is 9.82. The van der Waals surface area contributed by atoms with Crippen LogP contribution in [0.3, 0.4) is 0 Å². The summed E-state index contributed by atoms with van der Waals surface area (Å²) in [5.41, 5.74) is 1.60. The first-order chi connectivity index (χ1) is 6.74. The maximum absolute atomic E-state index is 9.82. The molecule has 0 atom stereocenters. The Balaban J connectivity index is 2.67. The topological polar surface area (TPSA) is 45.4 Å². The average Bonchev–Trinajstić information content (AvgIpc) is 2.62. The lowest BCUT2D eigenvalue weighted by atomic mass is 10.1. The van der Waals surface area contributed by atoms with E-state index in [1.54, 1.807) is 6.26 Å². The predicted octanol–water partition coefficient (Wildman–Crippen LogP) is 2.62. The molecule has 0 aliphatic rings. The zero-order valence-electron chi connectivity index (χ0n) is 7.67. The van der Waals surface area contributed by atoms with Crippen LogP contribution >= 0.6 is 15.9 Å². The quantitative estimate of drug-likeness (QED) is 0.868. The van der Waals surface area contributed by atoms with Gasteiger partial charge in [0.1, 0.15) is 11.3 Å². The maximum Gasteiger partial charge on any atom is 0.135 e. The highest BCUT2D eigenvalue weighted by Gasteiger charge is 2.11. The second kappa shape index (κ2) is 3.63. The van der Waals surface area contributed by atoms with E-state index in [2.05, 4.69) is 21.2 Å². The van der Waals surface area contributed by atoms with Crippen LogP contribution in [0.5, 0.6) is 5.75 Å². The highest BCUT2D eigenvalue weighted by molar-refractivity contribution is 9.10. The Kier molecular flexibility index (Phi) is 2.48. The van der Waals surface area contributed by atoms with Gasteiger partial charge in [-0.1, -0.05) is 0 Å². The molecule has 1 aromatic heterocycles. The van der Waals surface area contributed by atoms with Crippen molar-refractivity contribution in [3.8, 4) is 5.75 Å². The molecule has 2 rings (SSSR count). The highest BCUT2D eigenvalue weighted by Crippen LogP contribution is 2.36. The molecular formula is C10H10BrNO2. The molecule has 0 fully saturated rings. The third kappa shape index (κ3) is 1.40. The minimum atomic E-state index is 0.272. The fourth-order valence-corrected chi connectivity index (χ4v) is 2.02. The third-order valence-corrected chi connectivity index (χ3v) is 2.92. The molecule has 14 heavy (non-hydrogen) atoms. The van der Waals surface area contributed by atoms with Crippen molar-refractivity contribution in [1.82, 2.24) is 5.32 Å². The van der Waals surface area contributed by atoms with Crippen molar-refractivity contribution < 1.29 is 9.52 Å². The highest BCUT2D eigenvalue weighted by atomic mass is 79.9. The molecule has 0 saturated heterocycles. The van der Waals surface area contributed by atoms with Gasteiger partial charge in [0, 0.05) is 17.5 Å². The van der Waals surface area contributed by atoms with Crippen molar-refractivity contribution >= 4 is 26.9 Å². The Labute approximate surface area is 89.8 Å². The number of benzene rings is 1. The zero-order valence-corrected chi connectivity index (χ0v) is 9.26. The molecule has 0 amide bonds. The van der Waals surface area contributed by atoms with E-state index in [0.717, 1.165) is 16.5 Å². The van der Waals surface area contributed by atoms with Crippen LogP contribution in [-0.2, 0) is 6.54 Å². The monoisotopic (exact) mass is 255 g/mol. The largest absolute Gasteiger partial charge is 0.506 e. The second-order valence-corrected chi connectivity index (χ2v) is 3.85. The van der Waals surface area contributed by atoms with Crippen LogP contribution in [0.4, 0.5) is 0 Å². The van der Waals surface area contributed by atoms with Crippen LogP contribution in [0, 0.1) is 0 Å². The minimum absolute atomic E-state index is 0.272. The first kappa shape index (κ1) is 9.55. The van der Waals surface area contributed by atoms with Gasteiger partial charge in [-0.25, -0.2) is 0 Å². The summed E-state index contributed by atoms with van der Waals surface area (Å²) >= 11 is 3.34. The molecule has 3 nitrogen and oxygen atoms in total. The Bertz CT molecular complexity index is 464. The van der Waals surface area contributed by atoms with E-state index in [1.807, 2.05) is 19.2 Å². The fraction of sp³-hybridized carbons (Fsp3) is 0.200. The first-order valence-electron chi connectivity index (χ1n) is 4.26. The molecule has 4 heteroatoms. The van der Waals surface area contributed by atoms with Gasteiger partial charge in [0.25, 0.3) is 0 Å². The number of rotatable bonds is 2. The van der Waals surface area contributed by atoms with E-state index in [4.69, 9.17) is 4.42 Å². The van der Waals surface area contributed by atoms with Crippen LogP contribution in [0.1, 0.15) is 5.56 Å². The molecule has 0 saturated carbocycles. The van der Waals surface area contributed by atoms with Gasteiger partial charge in [0.15, 0.2) is 0 Å². The Hall–Kier alpha value is -1.00. The predicted molar refractivity (Wildman–Crippen MR) is 58.3 cm³/mol. The number of phenols is 1. The summed E-state index contributed by atoms with van der Waals surface area (Å²) in [7, 11) is 1.83. The number of hydrogen-bond acceptors (Lipinski definition) is 3. The lowest BCUT2D eigenvalue weighted by Crippen LogP contribution is -2.05. The van der Waals surface area contributed by atoms with E-state index in [1.165, 1.54) is 0 Å². The van der Waals surface area contributed by atoms with Gasteiger partial charge in [-0.2, -0.15) is 0 Å². The van der Waals surface area contributed by atoms with Crippen molar-refractivity contribution in [1.29, 1.82) is 0 Å². The summed E-state index contributed by atoms with van der Waals surface area (Å²) in [4.78, 5) is 0. The summed E-state index contributed by atoms with van der Waals surface area (Å²) in [5, 5.41) is 13.7. The molecular weight excluding hydrogens is 246 g/mol. The Morgan fingerprint density at radius 2 is 2.36 bits per heavy atom. The first-order valence-corrected chi connectivity index (χ1v) is 5.05. The Morgan fingerprint density at radius 3 is 3.07 bits per heavy atom. The summed E-state index contributed by atoms with van der Waals surface area (Å²) in [6.07, 6.45) is 1.61. The number of aromatic hydroxyl groups is 1. The molecule has 1 heterocycles. The van der Waals surface area contributed by atoms with E-state index >= 15 is 0 Å². The van der Waals surface area contributed by atoms with Gasteiger partial charge in [0.2, 0.25) is 0 Å². The number of furan rings is 1. The molecule has 74 valence electrons. The van der Waals surface area contributed by atoms with Crippen molar-refractivity contribution in [2.45, 2.75) is 6.54 Å². The molecule has 2 aromatic rings. The molecule has 0 aliphatic heterocycles. The van der Waals surface area contributed by atoms with E-state index in [9.17, 15) is 5.11 Å². The van der Waals surface area contributed by atoms with E-state index in [-0.39, 0.29) is 5.75 Å². The number of halogens is 1. The summed E-state index contributed by atoms with van der Waals surface area (Å²) in [6.45, 7) is 0.612. The number of hydrogen-bond donors (Lipinski definition) is 2. The van der Waals surface area contributed by atoms with Crippen molar-refractivity contribution in [2.75, 3.05) is 7.05 Å². The summed E-state index contributed by atoms with van der Waals surface area (Å²) in [6, 6.07) is 3.66. The van der Waals surface area contributed by atoms with Crippen molar-refractivity contribution in [2.24, 2.45) is 0 Å². The second-order valence-electron chi connectivity index (χ2n) is 3.06. The van der Waals surface area contributed by atoms with Gasteiger partial charge in [-0.15, -0.1) is 0 Å². The minimum Gasteiger partial charge on any atom is -0.506 e. The van der Waals surface area contributed by atoms with Crippen LogP contribution < -0.4 is 5.32 Å². The van der Waals surface area contributed by atoms with Crippen LogP contribution in [0.25, 0.3) is 11.0 Å². The fourth-order valence-electron chi connectivity index (χ4n) is 1.43. The lowest BCUT2D eigenvalue weighted by Gasteiger charge is -2.06. The number of phenolic OH excluding ortho intramolecular Hbond substituents is 1. The molecule has 0 radical (unpaired) electrons. The van der Waals surface area contributed by atoms with Crippen molar-refractivity contribution in [3.63, 3.8) is 0 Å². The lowest BCUT2D eigenvalue weighted by molar-refractivity contribution is 0.463. The molecule has 0 aliphatic carbocycles. The molecule has 2 N–H and O–H groups in total. The van der Waals surface area contributed by atoms with Gasteiger partial charge in [-0.3, -0.25) is 0 Å².